The summed E-state index contributed by atoms with van der Waals surface area (Å²) < 4.78 is 5.06. The molecule has 1 N–H and O–H groups in total. The fraction of sp³-hybridized carbons (Fsp3) is 0.643. The molecule has 0 saturated heterocycles. The first-order valence-corrected chi connectivity index (χ1v) is 6.43. The van der Waals surface area contributed by atoms with Gasteiger partial charge in [0.2, 0.25) is 0 Å². The maximum Gasteiger partial charge on any atom is 0.0462 e. The Labute approximate surface area is 105 Å². The maximum atomic E-state index is 5.06. The summed E-state index contributed by atoms with van der Waals surface area (Å²) in [5, 5.41) is 3.38. The highest BCUT2D eigenvalue weighted by molar-refractivity contribution is 5.03. The molecule has 0 amide bonds. The number of pyridine rings is 1. The van der Waals surface area contributed by atoms with Gasteiger partial charge >= 0.3 is 0 Å². The van der Waals surface area contributed by atoms with Crippen molar-refractivity contribution in [3.8, 4) is 0 Å². The van der Waals surface area contributed by atoms with Crippen molar-refractivity contribution in [2.45, 2.75) is 38.1 Å². The van der Waals surface area contributed by atoms with Gasteiger partial charge in [0.05, 0.1) is 0 Å². The van der Waals surface area contributed by atoms with Crippen molar-refractivity contribution >= 4 is 0 Å². The zero-order chi connectivity index (χ0) is 12.3. The Morgan fingerprint density at radius 1 is 1.29 bits per heavy atom. The van der Waals surface area contributed by atoms with Crippen LogP contribution in [0.3, 0.4) is 0 Å². The number of unbranched alkanes of at least 4 members (excludes halogenated alkanes) is 1. The molecular weight excluding hydrogens is 212 g/mol. The zero-order valence-electron chi connectivity index (χ0n) is 11.0. The Morgan fingerprint density at radius 3 is 2.82 bits per heavy atom. The average Bonchev–Trinajstić information content (AvgIpc) is 2.39. The minimum absolute atomic E-state index is 0.592. The highest BCUT2D eigenvalue weighted by atomic mass is 16.5. The van der Waals surface area contributed by atoms with Gasteiger partial charge in [-0.1, -0.05) is 6.07 Å². The van der Waals surface area contributed by atoms with E-state index >= 15 is 0 Å². The lowest BCUT2D eigenvalue weighted by Gasteiger charge is -2.15. The van der Waals surface area contributed by atoms with Gasteiger partial charge < -0.3 is 10.1 Å². The van der Waals surface area contributed by atoms with Crippen LogP contribution in [-0.4, -0.2) is 31.8 Å². The zero-order valence-corrected chi connectivity index (χ0v) is 11.0. The van der Waals surface area contributed by atoms with Crippen molar-refractivity contribution < 1.29 is 4.74 Å². The highest BCUT2D eigenvalue weighted by Gasteiger charge is 2.06. The van der Waals surface area contributed by atoms with Crippen LogP contribution in [0, 0.1) is 0 Å². The quantitative estimate of drug-likeness (QED) is 0.669. The number of nitrogens with zero attached hydrogens (tertiary/aromatic N) is 1. The van der Waals surface area contributed by atoms with E-state index in [2.05, 4.69) is 22.4 Å². The van der Waals surface area contributed by atoms with Gasteiger partial charge in [-0.05, 0) is 51.3 Å². The van der Waals surface area contributed by atoms with E-state index in [1.165, 1.54) is 18.5 Å². The minimum Gasteiger partial charge on any atom is -0.385 e. The van der Waals surface area contributed by atoms with Crippen LogP contribution in [-0.2, 0) is 11.2 Å². The summed E-state index contributed by atoms with van der Waals surface area (Å²) in [5.74, 6) is 0. The number of hydrogen-bond acceptors (Lipinski definition) is 3. The molecule has 1 heterocycles. The second-order valence-corrected chi connectivity index (χ2v) is 4.33. The van der Waals surface area contributed by atoms with Gasteiger partial charge in [0, 0.05) is 31.6 Å². The Hall–Kier alpha value is -0.930. The molecule has 0 aromatic carbocycles. The summed E-state index contributed by atoms with van der Waals surface area (Å²) in [5.41, 5.74) is 1.18. The first-order chi connectivity index (χ1) is 8.36. The third kappa shape index (κ3) is 6.39. The lowest BCUT2D eigenvalue weighted by atomic mass is 10.0. The molecule has 3 heteroatoms. The predicted molar refractivity (Wildman–Crippen MR) is 71.1 cm³/mol. The Bertz CT molecular complexity index is 277. The van der Waals surface area contributed by atoms with Crippen molar-refractivity contribution in [3.63, 3.8) is 0 Å². The maximum absolute atomic E-state index is 5.06. The largest absolute Gasteiger partial charge is 0.385 e. The van der Waals surface area contributed by atoms with E-state index in [0.29, 0.717) is 6.04 Å². The van der Waals surface area contributed by atoms with Gasteiger partial charge in [0.1, 0.15) is 0 Å². The van der Waals surface area contributed by atoms with Gasteiger partial charge in [-0.3, -0.25) is 4.98 Å². The smallest absolute Gasteiger partial charge is 0.0462 e. The monoisotopic (exact) mass is 236 g/mol. The molecule has 3 nitrogen and oxygen atoms in total. The fourth-order valence-corrected chi connectivity index (χ4v) is 1.94. The van der Waals surface area contributed by atoms with Gasteiger partial charge in [0.15, 0.2) is 0 Å². The fourth-order valence-electron chi connectivity index (χ4n) is 1.94. The number of methoxy groups -OCH3 is 1. The Kier molecular flexibility index (Phi) is 7.60. The van der Waals surface area contributed by atoms with Crippen molar-refractivity contribution in [2.24, 2.45) is 0 Å². The SMILES string of the molecule is CNC(CCCCOC)CCc1ccccn1. The van der Waals surface area contributed by atoms with Crippen LogP contribution >= 0.6 is 0 Å². The van der Waals surface area contributed by atoms with Gasteiger partial charge in [-0.25, -0.2) is 0 Å². The predicted octanol–water partition coefficient (Wildman–Crippen LogP) is 2.42. The second kappa shape index (κ2) is 9.14. The van der Waals surface area contributed by atoms with Crippen LogP contribution in [0.15, 0.2) is 24.4 Å². The van der Waals surface area contributed by atoms with Crippen LogP contribution in [0.5, 0.6) is 0 Å². The number of ether oxygens (including phenoxy) is 1. The molecule has 0 aliphatic rings. The molecule has 1 unspecified atom stereocenters. The summed E-state index contributed by atoms with van der Waals surface area (Å²) in [4.78, 5) is 4.35. The van der Waals surface area contributed by atoms with Gasteiger partial charge in [-0.2, -0.15) is 0 Å². The Balaban J connectivity index is 2.18. The molecule has 1 aromatic rings. The Morgan fingerprint density at radius 2 is 2.18 bits per heavy atom. The van der Waals surface area contributed by atoms with E-state index in [1.807, 2.05) is 19.3 Å². The van der Waals surface area contributed by atoms with Crippen LogP contribution in [0.4, 0.5) is 0 Å². The molecule has 0 spiro atoms. The third-order valence-electron chi connectivity index (χ3n) is 3.03. The van der Waals surface area contributed by atoms with Crippen molar-refractivity contribution in [1.82, 2.24) is 10.3 Å². The van der Waals surface area contributed by atoms with E-state index in [9.17, 15) is 0 Å². The summed E-state index contributed by atoms with van der Waals surface area (Å²) in [6.45, 7) is 0.872. The van der Waals surface area contributed by atoms with E-state index < -0.39 is 0 Å². The molecule has 1 atom stereocenters. The summed E-state index contributed by atoms with van der Waals surface area (Å²) in [6, 6.07) is 6.70. The summed E-state index contributed by atoms with van der Waals surface area (Å²) >= 11 is 0. The third-order valence-corrected chi connectivity index (χ3v) is 3.03. The molecule has 96 valence electrons. The molecular formula is C14H24N2O. The minimum atomic E-state index is 0.592. The van der Waals surface area contributed by atoms with Crippen molar-refractivity contribution in [1.29, 1.82) is 0 Å². The van der Waals surface area contributed by atoms with E-state index in [1.54, 1.807) is 7.11 Å². The van der Waals surface area contributed by atoms with Crippen molar-refractivity contribution in [2.75, 3.05) is 20.8 Å². The van der Waals surface area contributed by atoms with Crippen LogP contribution in [0.2, 0.25) is 0 Å². The number of nitrogens with one attached hydrogen (secondary N) is 1. The van der Waals surface area contributed by atoms with Crippen LogP contribution < -0.4 is 5.32 Å². The van der Waals surface area contributed by atoms with Crippen molar-refractivity contribution in [3.05, 3.63) is 30.1 Å². The summed E-state index contributed by atoms with van der Waals surface area (Å²) in [7, 11) is 3.80. The van der Waals surface area contributed by atoms with E-state index in [-0.39, 0.29) is 0 Å². The first kappa shape index (κ1) is 14.1. The van der Waals surface area contributed by atoms with Crippen LogP contribution in [0.25, 0.3) is 0 Å². The topological polar surface area (TPSA) is 34.1 Å². The molecule has 0 aliphatic carbocycles. The molecule has 1 aromatic heterocycles. The molecule has 0 bridgehead atoms. The second-order valence-electron chi connectivity index (χ2n) is 4.33. The van der Waals surface area contributed by atoms with E-state index in [4.69, 9.17) is 4.74 Å². The number of aromatic nitrogens is 1. The van der Waals surface area contributed by atoms with Gasteiger partial charge in [0.25, 0.3) is 0 Å². The first-order valence-electron chi connectivity index (χ1n) is 6.43. The normalized spacial score (nSPS) is 12.6. The lowest BCUT2D eigenvalue weighted by molar-refractivity contribution is 0.190. The number of hydrogen-bond donors (Lipinski definition) is 1. The highest BCUT2D eigenvalue weighted by Crippen LogP contribution is 2.08. The number of rotatable bonds is 9. The average molecular weight is 236 g/mol. The summed E-state index contributed by atoms with van der Waals surface area (Å²) in [6.07, 6.45) is 7.66. The molecule has 0 aliphatic heterocycles. The molecule has 0 saturated carbocycles. The molecule has 0 radical (unpaired) electrons. The molecule has 0 fully saturated rings. The molecule has 17 heavy (non-hydrogen) atoms. The van der Waals surface area contributed by atoms with Crippen LogP contribution in [0.1, 0.15) is 31.4 Å². The van der Waals surface area contributed by atoms with E-state index in [0.717, 1.165) is 25.9 Å². The molecule has 1 rings (SSSR count). The standard InChI is InChI=1S/C14H24N2O/c1-15-13(7-4-6-12-17-2)9-10-14-8-3-5-11-16-14/h3,5,8,11,13,15H,4,6-7,9-10,12H2,1-2H3. The lowest BCUT2D eigenvalue weighted by Crippen LogP contribution is -2.25. The van der Waals surface area contributed by atoms with Gasteiger partial charge in [-0.15, -0.1) is 0 Å². The number of aryl methyl sites for hydroxylation is 1.